The van der Waals surface area contributed by atoms with Crippen molar-refractivity contribution in [2.75, 3.05) is 26.3 Å². The van der Waals surface area contributed by atoms with E-state index in [2.05, 4.69) is 51.6 Å². The standard InChI is InChI=1S/C24H29N3O2S/c1-19-26-23(18-30-19)17-29-24-8-6-21(7-9-24)15-25-14-20-2-4-22(5-3-20)16-27-10-12-28-13-11-27/h2-9,18,25H,10-17H2,1H3. The van der Waals surface area contributed by atoms with Crippen molar-refractivity contribution in [1.82, 2.24) is 15.2 Å². The zero-order valence-electron chi connectivity index (χ0n) is 17.5. The molecule has 0 radical (unpaired) electrons. The van der Waals surface area contributed by atoms with Crippen molar-refractivity contribution in [3.8, 4) is 5.75 Å². The summed E-state index contributed by atoms with van der Waals surface area (Å²) < 4.78 is 11.2. The number of hydrogen-bond donors (Lipinski definition) is 1. The van der Waals surface area contributed by atoms with E-state index in [1.54, 1.807) is 11.3 Å². The van der Waals surface area contributed by atoms with Crippen molar-refractivity contribution >= 4 is 11.3 Å². The lowest BCUT2D eigenvalue weighted by molar-refractivity contribution is 0.0342. The molecule has 1 aromatic heterocycles. The lowest BCUT2D eigenvalue weighted by atomic mass is 10.1. The number of morpholine rings is 1. The van der Waals surface area contributed by atoms with Gasteiger partial charge in [0, 0.05) is 38.1 Å². The maximum absolute atomic E-state index is 5.81. The Hall–Kier alpha value is -2.25. The number of nitrogens with one attached hydrogen (secondary N) is 1. The van der Waals surface area contributed by atoms with Crippen LogP contribution in [0.3, 0.4) is 0 Å². The van der Waals surface area contributed by atoms with Gasteiger partial charge in [-0.15, -0.1) is 11.3 Å². The fourth-order valence-corrected chi connectivity index (χ4v) is 4.06. The van der Waals surface area contributed by atoms with E-state index in [1.807, 2.05) is 24.4 Å². The number of benzene rings is 2. The van der Waals surface area contributed by atoms with E-state index < -0.39 is 0 Å². The van der Waals surface area contributed by atoms with Crippen LogP contribution in [-0.4, -0.2) is 36.2 Å². The molecule has 1 aliphatic rings. The molecule has 0 spiro atoms. The summed E-state index contributed by atoms with van der Waals surface area (Å²) in [6.07, 6.45) is 0. The Bertz CT molecular complexity index is 903. The summed E-state index contributed by atoms with van der Waals surface area (Å²) in [6.45, 7) is 8.98. The lowest BCUT2D eigenvalue weighted by Gasteiger charge is -2.26. The number of hydrogen-bond acceptors (Lipinski definition) is 6. The van der Waals surface area contributed by atoms with Crippen molar-refractivity contribution < 1.29 is 9.47 Å². The van der Waals surface area contributed by atoms with E-state index in [-0.39, 0.29) is 0 Å². The molecule has 3 aromatic rings. The molecule has 2 aromatic carbocycles. The Kier molecular flexibility index (Phi) is 7.48. The molecule has 0 unspecified atom stereocenters. The molecule has 0 aliphatic carbocycles. The summed E-state index contributed by atoms with van der Waals surface area (Å²) in [6, 6.07) is 17.2. The van der Waals surface area contributed by atoms with Gasteiger partial charge >= 0.3 is 0 Å². The van der Waals surface area contributed by atoms with Gasteiger partial charge in [-0.05, 0) is 35.7 Å². The Morgan fingerprint density at radius 2 is 1.60 bits per heavy atom. The van der Waals surface area contributed by atoms with Gasteiger partial charge in [-0.3, -0.25) is 4.90 Å². The average molecular weight is 424 g/mol. The fourth-order valence-electron chi connectivity index (χ4n) is 3.47. The summed E-state index contributed by atoms with van der Waals surface area (Å²) >= 11 is 1.65. The molecule has 2 heterocycles. The van der Waals surface area contributed by atoms with Gasteiger partial charge in [0.15, 0.2) is 0 Å². The second-order valence-electron chi connectivity index (χ2n) is 7.60. The highest BCUT2D eigenvalue weighted by molar-refractivity contribution is 7.09. The number of ether oxygens (including phenoxy) is 2. The summed E-state index contributed by atoms with van der Waals surface area (Å²) in [5.41, 5.74) is 4.90. The molecule has 0 saturated carbocycles. The minimum Gasteiger partial charge on any atom is -0.487 e. The first-order valence-electron chi connectivity index (χ1n) is 10.5. The molecule has 4 rings (SSSR count). The first-order chi connectivity index (χ1) is 14.7. The van der Waals surface area contributed by atoms with Crippen LogP contribution < -0.4 is 10.1 Å². The summed E-state index contributed by atoms with van der Waals surface area (Å²) in [5, 5.41) is 6.64. The molecule has 6 heteroatoms. The number of rotatable bonds is 9. The minimum absolute atomic E-state index is 0.517. The van der Waals surface area contributed by atoms with Crippen molar-refractivity contribution in [2.45, 2.75) is 33.2 Å². The highest BCUT2D eigenvalue weighted by atomic mass is 32.1. The molecule has 158 valence electrons. The largest absolute Gasteiger partial charge is 0.487 e. The van der Waals surface area contributed by atoms with E-state index in [9.17, 15) is 0 Å². The van der Waals surface area contributed by atoms with Crippen molar-refractivity contribution in [1.29, 1.82) is 0 Å². The Balaban J connectivity index is 1.18. The highest BCUT2D eigenvalue weighted by Gasteiger charge is 2.10. The lowest BCUT2D eigenvalue weighted by Crippen LogP contribution is -2.35. The molecule has 5 nitrogen and oxygen atoms in total. The van der Waals surface area contributed by atoms with E-state index in [1.165, 1.54) is 16.7 Å². The maximum Gasteiger partial charge on any atom is 0.131 e. The maximum atomic E-state index is 5.81. The van der Waals surface area contributed by atoms with E-state index in [4.69, 9.17) is 9.47 Å². The van der Waals surface area contributed by atoms with Crippen molar-refractivity contribution in [3.05, 3.63) is 81.3 Å². The summed E-state index contributed by atoms with van der Waals surface area (Å²) in [4.78, 5) is 6.87. The van der Waals surface area contributed by atoms with Gasteiger partial charge < -0.3 is 14.8 Å². The Labute approximate surface area is 182 Å². The molecule has 1 fully saturated rings. The zero-order valence-corrected chi connectivity index (χ0v) is 18.3. The summed E-state index contributed by atoms with van der Waals surface area (Å²) in [5.74, 6) is 0.875. The summed E-state index contributed by atoms with van der Waals surface area (Å²) in [7, 11) is 0. The average Bonchev–Trinajstić information content (AvgIpc) is 3.20. The van der Waals surface area contributed by atoms with Crippen LogP contribution in [0.2, 0.25) is 0 Å². The van der Waals surface area contributed by atoms with Gasteiger partial charge in [0.1, 0.15) is 12.4 Å². The number of nitrogens with zero attached hydrogens (tertiary/aromatic N) is 2. The van der Waals surface area contributed by atoms with Gasteiger partial charge in [-0.2, -0.15) is 0 Å². The predicted molar refractivity (Wildman–Crippen MR) is 121 cm³/mol. The first-order valence-corrected chi connectivity index (χ1v) is 11.3. The van der Waals surface area contributed by atoms with E-state index in [0.717, 1.165) is 62.4 Å². The molecule has 1 aliphatic heterocycles. The zero-order chi connectivity index (χ0) is 20.6. The van der Waals surface area contributed by atoms with Crippen LogP contribution in [0.15, 0.2) is 53.9 Å². The first kappa shape index (κ1) is 21.0. The molecule has 0 bridgehead atoms. The second-order valence-corrected chi connectivity index (χ2v) is 8.66. The van der Waals surface area contributed by atoms with Crippen molar-refractivity contribution in [2.24, 2.45) is 0 Å². The third kappa shape index (κ3) is 6.37. The molecule has 30 heavy (non-hydrogen) atoms. The predicted octanol–water partition coefficient (Wildman–Crippen LogP) is 4.15. The van der Waals surface area contributed by atoms with Crippen molar-refractivity contribution in [3.63, 3.8) is 0 Å². The monoisotopic (exact) mass is 423 g/mol. The highest BCUT2D eigenvalue weighted by Crippen LogP contribution is 2.16. The Morgan fingerprint density at radius 1 is 0.967 bits per heavy atom. The van der Waals surface area contributed by atoms with Crippen LogP contribution >= 0.6 is 11.3 Å². The molecule has 1 N–H and O–H groups in total. The SMILES string of the molecule is Cc1nc(COc2ccc(CNCc3ccc(CN4CCOCC4)cc3)cc2)cs1. The third-order valence-corrected chi connectivity index (χ3v) is 5.99. The molecular weight excluding hydrogens is 394 g/mol. The normalized spacial score (nSPS) is 14.7. The van der Waals surface area contributed by atoms with Crippen LogP contribution in [0.1, 0.15) is 27.4 Å². The number of aromatic nitrogens is 1. The third-order valence-electron chi connectivity index (χ3n) is 5.17. The van der Waals surface area contributed by atoms with Gasteiger partial charge in [-0.1, -0.05) is 36.4 Å². The van der Waals surface area contributed by atoms with E-state index >= 15 is 0 Å². The minimum atomic E-state index is 0.517. The molecule has 1 saturated heterocycles. The quantitative estimate of drug-likeness (QED) is 0.560. The Morgan fingerprint density at radius 3 is 2.23 bits per heavy atom. The van der Waals surface area contributed by atoms with Crippen LogP contribution in [0, 0.1) is 6.92 Å². The van der Waals surface area contributed by atoms with Gasteiger partial charge in [0.2, 0.25) is 0 Å². The van der Waals surface area contributed by atoms with Gasteiger partial charge in [0.25, 0.3) is 0 Å². The molecule has 0 atom stereocenters. The number of aryl methyl sites for hydroxylation is 1. The smallest absolute Gasteiger partial charge is 0.131 e. The van der Waals surface area contributed by atoms with E-state index in [0.29, 0.717) is 6.61 Å². The second kappa shape index (κ2) is 10.7. The van der Waals surface area contributed by atoms with Gasteiger partial charge in [0.05, 0.1) is 23.9 Å². The van der Waals surface area contributed by atoms with Crippen LogP contribution in [-0.2, 0) is 31.0 Å². The van der Waals surface area contributed by atoms with Crippen LogP contribution in [0.25, 0.3) is 0 Å². The molecule has 0 amide bonds. The topological polar surface area (TPSA) is 46.6 Å². The fraction of sp³-hybridized carbons (Fsp3) is 0.375. The van der Waals surface area contributed by atoms with Gasteiger partial charge in [-0.25, -0.2) is 4.98 Å². The number of thiazole rings is 1. The molecular formula is C24H29N3O2S. The van der Waals surface area contributed by atoms with Crippen LogP contribution in [0.5, 0.6) is 5.75 Å². The van der Waals surface area contributed by atoms with Crippen LogP contribution in [0.4, 0.5) is 0 Å².